The van der Waals surface area contributed by atoms with E-state index in [0.717, 1.165) is 4.31 Å². The fraction of sp³-hybridized carbons (Fsp3) is 0.421. The minimum atomic E-state index is -4.23. The van der Waals surface area contributed by atoms with Gasteiger partial charge in [0.1, 0.15) is 23.3 Å². The number of hydrogen-bond acceptors (Lipinski definition) is 8. The van der Waals surface area contributed by atoms with Crippen molar-refractivity contribution in [2.45, 2.75) is 56.6 Å². The van der Waals surface area contributed by atoms with E-state index >= 15 is 0 Å². The Bertz CT molecular complexity index is 1220. The summed E-state index contributed by atoms with van der Waals surface area (Å²) in [5.74, 6) is 0. The molecule has 0 aliphatic heterocycles. The number of benzene rings is 1. The number of carbonyl (C=O) groups excluding carboxylic acids is 1. The summed E-state index contributed by atoms with van der Waals surface area (Å²) >= 11 is 3.34. The molecule has 2 heterocycles. The molecule has 4 rings (SSSR count). The lowest BCUT2D eigenvalue weighted by molar-refractivity contribution is 0.0332. The average Bonchev–Trinajstić information content (AvgIpc) is 3.02. The zero-order valence-corrected chi connectivity index (χ0v) is 19.2. The maximum absolute atomic E-state index is 13.6. The van der Waals surface area contributed by atoms with Gasteiger partial charge in [-0.15, -0.1) is 0 Å². The predicted molar refractivity (Wildman–Crippen MR) is 110 cm³/mol. The molecule has 2 aromatic heterocycles. The van der Waals surface area contributed by atoms with E-state index < -0.39 is 27.3 Å². The first-order chi connectivity index (χ1) is 13.9. The van der Waals surface area contributed by atoms with Crippen molar-refractivity contribution in [2.75, 3.05) is 0 Å². The minimum Gasteiger partial charge on any atom is -0.451 e. The van der Waals surface area contributed by atoms with Crippen molar-refractivity contribution in [3.05, 3.63) is 29.3 Å². The second kappa shape index (κ2) is 6.81. The van der Waals surface area contributed by atoms with Gasteiger partial charge in [-0.2, -0.15) is 4.31 Å². The van der Waals surface area contributed by atoms with Crippen LogP contribution in [0.1, 0.15) is 40.5 Å². The molecular formula is C19H20BrN3O6S. The number of aromatic nitrogens is 2. The van der Waals surface area contributed by atoms with Gasteiger partial charge in [0.2, 0.25) is 0 Å². The van der Waals surface area contributed by atoms with E-state index in [1.165, 1.54) is 24.8 Å². The van der Waals surface area contributed by atoms with Crippen molar-refractivity contribution in [3.8, 4) is 11.4 Å². The Hall–Kier alpha value is -2.40. The van der Waals surface area contributed by atoms with Crippen molar-refractivity contribution in [1.82, 2.24) is 14.4 Å². The van der Waals surface area contributed by atoms with E-state index in [1.54, 1.807) is 27.7 Å². The van der Waals surface area contributed by atoms with Crippen LogP contribution in [-0.4, -0.2) is 40.1 Å². The molecule has 11 heteroatoms. The summed E-state index contributed by atoms with van der Waals surface area (Å²) < 4.78 is 44.1. The lowest BCUT2D eigenvalue weighted by Gasteiger charge is -2.31. The number of hydrogen-bond donors (Lipinski definition) is 0. The molecule has 1 aliphatic rings. The van der Waals surface area contributed by atoms with E-state index in [0.29, 0.717) is 39.7 Å². The van der Waals surface area contributed by atoms with Gasteiger partial charge in [0, 0.05) is 0 Å². The summed E-state index contributed by atoms with van der Waals surface area (Å²) in [6.07, 6.45) is 2.84. The maximum atomic E-state index is 13.6. The maximum Gasteiger partial charge on any atom is 0.424 e. The van der Waals surface area contributed by atoms with Gasteiger partial charge in [-0.1, -0.05) is 5.16 Å². The highest BCUT2D eigenvalue weighted by Crippen LogP contribution is 2.45. The first kappa shape index (κ1) is 20.9. The normalized spacial score (nSPS) is 15.9. The first-order valence-electron chi connectivity index (χ1n) is 9.18. The zero-order valence-electron chi connectivity index (χ0n) is 16.8. The molecule has 0 saturated heterocycles. The third kappa shape index (κ3) is 3.60. The highest BCUT2D eigenvalue weighted by atomic mass is 79.9. The average molecular weight is 498 g/mol. The van der Waals surface area contributed by atoms with Gasteiger partial charge in [0.25, 0.3) is 10.0 Å². The fourth-order valence-electron chi connectivity index (χ4n) is 3.04. The van der Waals surface area contributed by atoms with Crippen LogP contribution in [0.5, 0.6) is 0 Å². The van der Waals surface area contributed by atoms with Crippen LogP contribution in [0.3, 0.4) is 0 Å². The molecule has 0 unspecified atom stereocenters. The molecule has 0 bridgehead atoms. The van der Waals surface area contributed by atoms with Crippen LogP contribution in [0, 0.1) is 0 Å². The molecule has 1 aromatic carbocycles. The summed E-state index contributed by atoms with van der Waals surface area (Å²) in [7, 11) is -4.23. The molecule has 9 nitrogen and oxygen atoms in total. The molecular weight excluding hydrogens is 478 g/mol. The SMILES string of the molecule is CC(C)(C)OC(=O)N(C1(C)CC1)S(=O)(=O)c1cc(Br)c2onc(-c3cocn3)c2c1. The number of fused-ring (bicyclic) bond motifs is 1. The lowest BCUT2D eigenvalue weighted by Crippen LogP contribution is -2.47. The number of nitrogens with zero attached hydrogens (tertiary/aromatic N) is 3. The summed E-state index contributed by atoms with van der Waals surface area (Å²) in [4.78, 5) is 16.8. The zero-order chi connectivity index (χ0) is 21.9. The van der Waals surface area contributed by atoms with Crippen LogP contribution in [-0.2, 0) is 14.8 Å². The Morgan fingerprint density at radius 2 is 2.00 bits per heavy atom. The highest BCUT2D eigenvalue weighted by molar-refractivity contribution is 9.10. The summed E-state index contributed by atoms with van der Waals surface area (Å²) in [5, 5.41) is 4.40. The molecule has 0 atom stereocenters. The van der Waals surface area contributed by atoms with Crippen molar-refractivity contribution < 1.29 is 26.9 Å². The van der Waals surface area contributed by atoms with Crippen LogP contribution in [0.25, 0.3) is 22.4 Å². The second-order valence-corrected chi connectivity index (χ2v) is 11.1. The molecule has 1 fully saturated rings. The lowest BCUT2D eigenvalue weighted by atomic mass is 10.2. The number of carbonyl (C=O) groups is 1. The van der Waals surface area contributed by atoms with E-state index in [9.17, 15) is 13.2 Å². The number of sulfonamides is 1. The first-order valence-corrected chi connectivity index (χ1v) is 11.4. The monoisotopic (exact) mass is 497 g/mol. The molecule has 0 radical (unpaired) electrons. The summed E-state index contributed by atoms with van der Waals surface area (Å²) in [5.41, 5.74) is -0.582. The topological polar surface area (TPSA) is 116 Å². The number of oxazole rings is 1. The largest absolute Gasteiger partial charge is 0.451 e. The Morgan fingerprint density at radius 1 is 1.30 bits per heavy atom. The third-order valence-corrected chi connectivity index (χ3v) is 7.23. The molecule has 1 amide bonds. The Morgan fingerprint density at radius 3 is 2.57 bits per heavy atom. The molecule has 1 aliphatic carbocycles. The van der Waals surface area contributed by atoms with Gasteiger partial charge in [-0.05, 0) is 68.6 Å². The molecule has 1 saturated carbocycles. The smallest absolute Gasteiger partial charge is 0.424 e. The van der Waals surface area contributed by atoms with Crippen molar-refractivity contribution >= 4 is 43.0 Å². The summed E-state index contributed by atoms with van der Waals surface area (Å²) in [6, 6.07) is 2.80. The molecule has 3 aromatic rings. The van der Waals surface area contributed by atoms with Gasteiger partial charge in [-0.25, -0.2) is 18.2 Å². The number of rotatable bonds is 4. The van der Waals surface area contributed by atoms with Crippen LogP contribution in [0.15, 0.2) is 43.1 Å². The standard InChI is InChI=1S/C19H20BrN3O6S/c1-18(2,3)28-17(24)23(19(4)5-6-19)30(25,26)11-7-12-15(14-9-27-10-21-14)22-29-16(12)13(20)8-11/h7-10H,5-6H2,1-4H3. The van der Waals surface area contributed by atoms with Crippen LogP contribution in [0.2, 0.25) is 0 Å². The van der Waals surface area contributed by atoms with Gasteiger partial charge in [0.15, 0.2) is 12.0 Å². The van der Waals surface area contributed by atoms with Crippen molar-refractivity contribution in [1.29, 1.82) is 0 Å². The van der Waals surface area contributed by atoms with Gasteiger partial charge in [-0.3, -0.25) is 0 Å². The van der Waals surface area contributed by atoms with E-state index in [2.05, 4.69) is 26.1 Å². The number of halogens is 1. The summed E-state index contributed by atoms with van der Waals surface area (Å²) in [6.45, 7) is 6.79. The van der Waals surface area contributed by atoms with Crippen LogP contribution >= 0.6 is 15.9 Å². The van der Waals surface area contributed by atoms with E-state index in [-0.39, 0.29) is 4.90 Å². The van der Waals surface area contributed by atoms with Crippen molar-refractivity contribution in [2.24, 2.45) is 0 Å². The highest BCUT2D eigenvalue weighted by Gasteiger charge is 2.53. The molecule has 0 N–H and O–H groups in total. The molecule has 0 spiro atoms. The van der Waals surface area contributed by atoms with Gasteiger partial charge >= 0.3 is 6.09 Å². The second-order valence-electron chi connectivity index (χ2n) is 8.43. The third-order valence-electron chi connectivity index (χ3n) is 4.74. The fourth-order valence-corrected chi connectivity index (χ4v) is 5.47. The van der Waals surface area contributed by atoms with E-state index in [1.807, 2.05) is 0 Å². The predicted octanol–water partition coefficient (Wildman–Crippen LogP) is 4.72. The molecule has 160 valence electrons. The molecule has 30 heavy (non-hydrogen) atoms. The van der Waals surface area contributed by atoms with Crippen molar-refractivity contribution in [3.63, 3.8) is 0 Å². The Labute approximate surface area is 181 Å². The Kier molecular flexibility index (Phi) is 4.73. The van der Waals surface area contributed by atoms with Crippen LogP contribution in [0.4, 0.5) is 4.79 Å². The van der Waals surface area contributed by atoms with E-state index in [4.69, 9.17) is 13.7 Å². The minimum absolute atomic E-state index is 0.0891. The Balaban J connectivity index is 1.85. The number of amides is 1. The van der Waals surface area contributed by atoms with Gasteiger partial charge < -0.3 is 13.7 Å². The van der Waals surface area contributed by atoms with Gasteiger partial charge in [0.05, 0.1) is 20.3 Å². The van der Waals surface area contributed by atoms with Crippen LogP contribution < -0.4 is 0 Å². The quantitative estimate of drug-likeness (QED) is 0.507. The number of ether oxygens (including phenoxy) is 1.